The first kappa shape index (κ1) is 17.5. The summed E-state index contributed by atoms with van der Waals surface area (Å²) in [5.41, 5.74) is 3.48. The topological polar surface area (TPSA) is 36.4 Å². The molecule has 1 fully saturated rings. The van der Waals surface area contributed by atoms with Crippen LogP contribution in [0.15, 0.2) is 59.4 Å². The van der Waals surface area contributed by atoms with Crippen LogP contribution in [0.5, 0.6) is 0 Å². The minimum absolute atomic E-state index is 0.0379. The highest BCUT2D eigenvalue weighted by atomic mass is 32.1. The molecule has 3 aromatic rings. The highest BCUT2D eigenvalue weighted by Gasteiger charge is 2.49. The van der Waals surface area contributed by atoms with Crippen molar-refractivity contribution in [2.24, 2.45) is 0 Å². The van der Waals surface area contributed by atoms with E-state index in [4.69, 9.17) is 0 Å². The van der Waals surface area contributed by atoms with Gasteiger partial charge in [0.25, 0.3) is 5.91 Å². The molecule has 4 nitrogen and oxygen atoms in total. The first-order valence-electron chi connectivity index (χ1n) is 9.41. The number of anilines is 1. The fourth-order valence-corrected chi connectivity index (χ4v) is 5.15. The molecule has 28 heavy (non-hydrogen) atoms. The van der Waals surface area contributed by atoms with Crippen molar-refractivity contribution >= 4 is 22.9 Å². The first-order valence-corrected chi connectivity index (χ1v) is 10.4. The van der Waals surface area contributed by atoms with Crippen molar-refractivity contribution in [2.75, 3.05) is 24.5 Å². The van der Waals surface area contributed by atoms with Gasteiger partial charge in [0, 0.05) is 36.6 Å². The summed E-state index contributed by atoms with van der Waals surface area (Å²) in [4.78, 5) is 22.0. The SMILES string of the molecule is O=C(c1ccsc1)N1CC2(CCN(Cc3cccc(F)c3)C2)c2ncccc21. The molecule has 1 aromatic carbocycles. The third-order valence-corrected chi connectivity index (χ3v) is 6.46. The van der Waals surface area contributed by atoms with Gasteiger partial charge in [-0.2, -0.15) is 11.3 Å². The molecule has 0 bridgehead atoms. The van der Waals surface area contributed by atoms with Gasteiger partial charge in [0.05, 0.1) is 16.9 Å². The van der Waals surface area contributed by atoms with Crippen molar-refractivity contribution in [2.45, 2.75) is 18.4 Å². The predicted octanol–water partition coefficient (Wildman–Crippen LogP) is 4.09. The Hall–Kier alpha value is -2.57. The molecule has 1 spiro atoms. The molecule has 4 heterocycles. The van der Waals surface area contributed by atoms with Gasteiger partial charge >= 0.3 is 0 Å². The Bertz CT molecular complexity index is 1020. The molecular weight excluding hydrogens is 373 g/mol. The standard InChI is InChI=1S/C22H20FN3OS/c23-18-4-1-3-16(11-18)12-25-9-7-22(14-25)15-26(19-5-2-8-24-20(19)22)21(27)17-6-10-28-13-17/h1-6,8,10-11,13H,7,9,12,14-15H2. The number of halogens is 1. The number of hydrogen-bond donors (Lipinski definition) is 0. The monoisotopic (exact) mass is 393 g/mol. The molecule has 0 saturated carbocycles. The van der Waals surface area contributed by atoms with E-state index in [0.717, 1.165) is 42.0 Å². The van der Waals surface area contributed by atoms with Gasteiger partial charge in [-0.1, -0.05) is 12.1 Å². The maximum atomic E-state index is 13.5. The Labute approximate surface area is 167 Å². The number of likely N-dealkylation sites (tertiary alicyclic amines) is 1. The van der Waals surface area contributed by atoms with Crippen molar-refractivity contribution in [3.63, 3.8) is 0 Å². The van der Waals surface area contributed by atoms with Gasteiger partial charge in [-0.25, -0.2) is 4.39 Å². The van der Waals surface area contributed by atoms with Crippen molar-refractivity contribution in [3.8, 4) is 0 Å². The van der Waals surface area contributed by atoms with Crippen LogP contribution in [0.4, 0.5) is 10.1 Å². The molecule has 142 valence electrons. The summed E-state index contributed by atoms with van der Waals surface area (Å²) < 4.78 is 13.5. The Balaban J connectivity index is 1.42. The Morgan fingerprint density at radius 3 is 2.96 bits per heavy atom. The number of rotatable bonds is 3. The third kappa shape index (κ3) is 2.93. The van der Waals surface area contributed by atoms with Gasteiger partial charge in [0.15, 0.2) is 0 Å². The fraction of sp³-hybridized carbons (Fsp3) is 0.273. The number of amides is 1. The molecule has 1 unspecified atom stereocenters. The lowest BCUT2D eigenvalue weighted by molar-refractivity contribution is 0.0985. The smallest absolute Gasteiger partial charge is 0.259 e. The van der Waals surface area contributed by atoms with Crippen molar-refractivity contribution in [3.05, 3.63) is 82.1 Å². The highest BCUT2D eigenvalue weighted by Crippen LogP contribution is 2.45. The number of carbonyl (C=O) groups is 1. The number of thiophene rings is 1. The van der Waals surface area contributed by atoms with E-state index in [9.17, 15) is 9.18 Å². The summed E-state index contributed by atoms with van der Waals surface area (Å²) in [6.45, 7) is 3.09. The molecule has 6 heteroatoms. The van der Waals surface area contributed by atoms with E-state index >= 15 is 0 Å². The maximum Gasteiger partial charge on any atom is 0.259 e. The number of aromatic nitrogens is 1. The maximum absolute atomic E-state index is 13.5. The lowest BCUT2D eigenvalue weighted by Crippen LogP contribution is -2.39. The van der Waals surface area contributed by atoms with Gasteiger partial charge < -0.3 is 4.90 Å². The molecule has 0 N–H and O–H groups in total. The predicted molar refractivity (Wildman–Crippen MR) is 108 cm³/mol. The normalized spacial score (nSPS) is 21.4. The number of carbonyl (C=O) groups excluding carboxylic acids is 1. The molecule has 2 aliphatic heterocycles. The van der Waals surface area contributed by atoms with Gasteiger partial charge in [-0.3, -0.25) is 14.7 Å². The fourth-order valence-electron chi connectivity index (χ4n) is 4.52. The van der Waals surface area contributed by atoms with Crippen LogP contribution in [0.3, 0.4) is 0 Å². The van der Waals surface area contributed by atoms with Crippen LogP contribution in [-0.2, 0) is 12.0 Å². The van der Waals surface area contributed by atoms with Crippen LogP contribution in [0.1, 0.15) is 28.0 Å². The summed E-state index contributed by atoms with van der Waals surface area (Å²) in [6.07, 6.45) is 2.76. The summed E-state index contributed by atoms with van der Waals surface area (Å²) in [5, 5.41) is 3.83. The Morgan fingerprint density at radius 2 is 2.14 bits per heavy atom. The number of fused-ring (bicyclic) bond motifs is 2. The van der Waals surface area contributed by atoms with Crippen LogP contribution >= 0.6 is 11.3 Å². The van der Waals surface area contributed by atoms with Gasteiger partial charge in [0.2, 0.25) is 0 Å². The molecular formula is C22H20FN3OS. The second kappa shape index (κ2) is 6.79. The van der Waals surface area contributed by atoms with Gasteiger partial charge in [-0.15, -0.1) is 0 Å². The van der Waals surface area contributed by atoms with Gasteiger partial charge in [0.1, 0.15) is 5.82 Å². The van der Waals surface area contributed by atoms with Crippen LogP contribution < -0.4 is 4.90 Å². The summed E-state index contributed by atoms with van der Waals surface area (Å²) in [6, 6.07) is 12.5. The second-order valence-corrected chi connectivity index (χ2v) is 8.43. The highest BCUT2D eigenvalue weighted by molar-refractivity contribution is 7.08. The van der Waals surface area contributed by atoms with Crippen molar-refractivity contribution in [1.82, 2.24) is 9.88 Å². The quantitative estimate of drug-likeness (QED) is 0.673. The van der Waals surface area contributed by atoms with E-state index < -0.39 is 0 Å². The molecule has 1 atom stereocenters. The lowest BCUT2D eigenvalue weighted by Gasteiger charge is -2.25. The average Bonchev–Trinajstić information content (AvgIpc) is 3.43. The summed E-state index contributed by atoms with van der Waals surface area (Å²) >= 11 is 1.53. The van der Waals surface area contributed by atoms with Crippen LogP contribution in [0.25, 0.3) is 0 Å². The third-order valence-electron chi connectivity index (χ3n) is 5.78. The zero-order valence-corrected chi connectivity index (χ0v) is 16.2. The molecule has 2 aliphatic rings. The molecule has 0 aliphatic carbocycles. The number of nitrogens with zero attached hydrogens (tertiary/aromatic N) is 3. The van der Waals surface area contributed by atoms with Gasteiger partial charge in [-0.05, 0) is 54.2 Å². The molecule has 0 radical (unpaired) electrons. The Kier molecular flexibility index (Phi) is 4.25. The van der Waals surface area contributed by atoms with E-state index in [1.165, 1.54) is 17.4 Å². The van der Waals surface area contributed by atoms with Crippen LogP contribution in [0.2, 0.25) is 0 Å². The Morgan fingerprint density at radius 1 is 1.21 bits per heavy atom. The van der Waals surface area contributed by atoms with E-state index in [2.05, 4.69) is 9.88 Å². The molecule has 2 aromatic heterocycles. The van der Waals surface area contributed by atoms with Crippen LogP contribution in [-0.4, -0.2) is 35.4 Å². The van der Waals surface area contributed by atoms with E-state index in [1.54, 1.807) is 12.1 Å². The van der Waals surface area contributed by atoms with Crippen molar-refractivity contribution in [1.29, 1.82) is 0 Å². The summed E-state index contributed by atoms with van der Waals surface area (Å²) in [7, 11) is 0. The van der Waals surface area contributed by atoms with E-state index in [1.807, 2.05) is 46.1 Å². The number of hydrogen-bond acceptors (Lipinski definition) is 4. The average molecular weight is 393 g/mol. The minimum atomic E-state index is -0.202. The first-order chi connectivity index (χ1) is 13.6. The lowest BCUT2D eigenvalue weighted by atomic mass is 9.85. The minimum Gasteiger partial charge on any atom is -0.305 e. The second-order valence-electron chi connectivity index (χ2n) is 7.65. The zero-order chi connectivity index (χ0) is 19.1. The van der Waals surface area contributed by atoms with Crippen LogP contribution in [0, 0.1) is 5.82 Å². The molecule has 1 amide bonds. The number of pyridine rings is 1. The van der Waals surface area contributed by atoms with Crippen molar-refractivity contribution < 1.29 is 9.18 Å². The summed E-state index contributed by atoms with van der Waals surface area (Å²) in [5.74, 6) is -0.164. The van der Waals surface area contributed by atoms with E-state index in [-0.39, 0.29) is 17.1 Å². The molecule has 1 saturated heterocycles. The number of benzene rings is 1. The zero-order valence-electron chi connectivity index (χ0n) is 15.3. The van der Waals surface area contributed by atoms with E-state index in [0.29, 0.717) is 13.1 Å². The molecule has 5 rings (SSSR count). The largest absolute Gasteiger partial charge is 0.305 e.